The number of imide groups is 1. The van der Waals surface area contributed by atoms with Gasteiger partial charge < -0.3 is 10.4 Å². The van der Waals surface area contributed by atoms with Crippen molar-refractivity contribution in [3.8, 4) is 0 Å². The number of carbonyl (C=O) groups is 3. The molecule has 0 spiro atoms. The Morgan fingerprint density at radius 2 is 1.92 bits per heavy atom. The number of hydrogen-bond donors (Lipinski definition) is 3. The number of rotatable bonds is 3. The van der Waals surface area contributed by atoms with E-state index < -0.39 is 24.5 Å². The molecule has 0 rings (SSSR count). The Bertz CT molecular complexity index is 202. The van der Waals surface area contributed by atoms with Crippen LogP contribution in [0.2, 0.25) is 0 Å². The van der Waals surface area contributed by atoms with Gasteiger partial charge in [-0.2, -0.15) is 0 Å². The number of carboxylic acid groups (broad SMARTS) is 1. The molecule has 0 aromatic heterocycles. The van der Waals surface area contributed by atoms with Crippen LogP contribution in [0, 0.1) is 0 Å². The van der Waals surface area contributed by atoms with Gasteiger partial charge in [0.2, 0.25) is 5.91 Å². The summed E-state index contributed by atoms with van der Waals surface area (Å²) in [6.07, 6.45) is 0.181. The summed E-state index contributed by atoms with van der Waals surface area (Å²) in [5, 5.41) is 12.0. The molecule has 0 aliphatic carbocycles. The highest BCUT2D eigenvalue weighted by atomic mass is 16.4. The van der Waals surface area contributed by atoms with E-state index in [-0.39, 0.29) is 6.42 Å². The molecular weight excluding hydrogens is 164 g/mol. The van der Waals surface area contributed by atoms with E-state index in [1.807, 2.05) is 10.6 Å². The van der Waals surface area contributed by atoms with Crippen molar-refractivity contribution >= 4 is 17.9 Å². The Kier molecular flexibility index (Phi) is 4.43. The summed E-state index contributed by atoms with van der Waals surface area (Å²) in [6.45, 7) is 1.09. The number of carboxylic acids is 1. The van der Waals surface area contributed by atoms with Crippen molar-refractivity contribution in [3.05, 3.63) is 0 Å². The molecule has 6 heteroatoms. The second-order valence-corrected chi connectivity index (χ2v) is 1.98. The SMILES string of the molecule is CCC(=O)NC(=O)NCC(=O)O. The normalized spacial score (nSPS) is 8.75. The number of amides is 3. The van der Waals surface area contributed by atoms with E-state index in [1.54, 1.807) is 6.92 Å². The molecule has 0 aromatic rings. The Morgan fingerprint density at radius 1 is 1.33 bits per heavy atom. The predicted octanol–water partition coefficient (Wildman–Crippen LogP) is -0.693. The smallest absolute Gasteiger partial charge is 0.323 e. The summed E-state index contributed by atoms with van der Waals surface area (Å²) >= 11 is 0. The molecule has 0 aliphatic rings. The van der Waals surface area contributed by atoms with Crippen LogP contribution in [0.15, 0.2) is 0 Å². The maximum Gasteiger partial charge on any atom is 0.323 e. The first-order valence-electron chi connectivity index (χ1n) is 3.35. The zero-order valence-corrected chi connectivity index (χ0v) is 6.59. The number of aliphatic carboxylic acids is 1. The predicted molar refractivity (Wildman–Crippen MR) is 39.5 cm³/mol. The molecule has 0 aromatic carbocycles. The molecule has 6 nitrogen and oxygen atoms in total. The average molecular weight is 174 g/mol. The van der Waals surface area contributed by atoms with Crippen LogP contribution >= 0.6 is 0 Å². The minimum absolute atomic E-state index is 0.181. The van der Waals surface area contributed by atoms with Crippen molar-refractivity contribution in [2.45, 2.75) is 13.3 Å². The molecule has 0 heterocycles. The Balaban J connectivity index is 3.60. The zero-order valence-electron chi connectivity index (χ0n) is 6.59. The first kappa shape index (κ1) is 10.4. The molecule has 0 atom stereocenters. The highest BCUT2D eigenvalue weighted by molar-refractivity contribution is 5.95. The fraction of sp³-hybridized carbons (Fsp3) is 0.500. The van der Waals surface area contributed by atoms with Gasteiger partial charge in [-0.05, 0) is 0 Å². The third kappa shape index (κ3) is 5.21. The van der Waals surface area contributed by atoms with Crippen LogP contribution in [-0.2, 0) is 9.59 Å². The Morgan fingerprint density at radius 3 is 2.33 bits per heavy atom. The number of hydrogen-bond acceptors (Lipinski definition) is 3. The maximum atomic E-state index is 10.6. The molecular formula is C6H10N2O4. The van der Waals surface area contributed by atoms with E-state index in [0.717, 1.165) is 0 Å². The molecule has 0 fully saturated rings. The van der Waals surface area contributed by atoms with Crippen LogP contribution in [0.5, 0.6) is 0 Å². The highest BCUT2D eigenvalue weighted by Crippen LogP contribution is 1.74. The molecule has 0 unspecified atom stereocenters. The summed E-state index contributed by atoms with van der Waals surface area (Å²) < 4.78 is 0. The van der Waals surface area contributed by atoms with Crippen LogP contribution < -0.4 is 10.6 Å². The minimum Gasteiger partial charge on any atom is -0.480 e. The quantitative estimate of drug-likeness (QED) is 0.527. The van der Waals surface area contributed by atoms with Gasteiger partial charge in [-0.1, -0.05) is 6.92 Å². The van der Waals surface area contributed by atoms with Gasteiger partial charge in [-0.3, -0.25) is 14.9 Å². The number of carbonyl (C=O) groups excluding carboxylic acids is 2. The first-order chi connectivity index (χ1) is 5.56. The maximum absolute atomic E-state index is 10.6. The second-order valence-electron chi connectivity index (χ2n) is 1.98. The molecule has 68 valence electrons. The monoisotopic (exact) mass is 174 g/mol. The fourth-order valence-corrected chi connectivity index (χ4v) is 0.415. The van der Waals surface area contributed by atoms with Crippen molar-refractivity contribution in [1.82, 2.24) is 10.6 Å². The third-order valence-electron chi connectivity index (χ3n) is 0.974. The summed E-state index contributed by atoms with van der Waals surface area (Å²) in [7, 11) is 0. The molecule has 0 saturated carbocycles. The van der Waals surface area contributed by atoms with Crippen LogP contribution in [0.3, 0.4) is 0 Å². The van der Waals surface area contributed by atoms with Crippen LogP contribution in [0.25, 0.3) is 0 Å². The highest BCUT2D eigenvalue weighted by Gasteiger charge is 2.05. The van der Waals surface area contributed by atoms with Gasteiger partial charge in [0.1, 0.15) is 6.54 Å². The molecule has 0 bridgehead atoms. The molecule has 3 amide bonds. The molecule has 12 heavy (non-hydrogen) atoms. The van der Waals surface area contributed by atoms with Crippen molar-refractivity contribution in [3.63, 3.8) is 0 Å². The van der Waals surface area contributed by atoms with Crippen LogP contribution in [-0.4, -0.2) is 29.6 Å². The Hall–Kier alpha value is -1.59. The fourth-order valence-electron chi connectivity index (χ4n) is 0.415. The average Bonchev–Trinajstić information content (AvgIpc) is 2.00. The van der Waals surface area contributed by atoms with E-state index in [4.69, 9.17) is 5.11 Å². The lowest BCUT2D eigenvalue weighted by molar-refractivity contribution is -0.135. The van der Waals surface area contributed by atoms with Crippen molar-refractivity contribution in [2.75, 3.05) is 6.54 Å². The van der Waals surface area contributed by atoms with Gasteiger partial charge >= 0.3 is 12.0 Å². The van der Waals surface area contributed by atoms with Gasteiger partial charge in [0, 0.05) is 6.42 Å². The Labute approximate surface area is 68.9 Å². The van der Waals surface area contributed by atoms with E-state index in [2.05, 4.69) is 0 Å². The summed E-state index contributed by atoms with van der Waals surface area (Å²) in [4.78, 5) is 31.1. The third-order valence-corrected chi connectivity index (χ3v) is 0.974. The summed E-state index contributed by atoms with van der Waals surface area (Å²) in [5.41, 5.74) is 0. The van der Waals surface area contributed by atoms with Crippen molar-refractivity contribution in [1.29, 1.82) is 0 Å². The molecule has 0 radical (unpaired) electrons. The number of urea groups is 1. The lowest BCUT2D eigenvalue weighted by Gasteiger charge is -2.01. The largest absolute Gasteiger partial charge is 0.480 e. The van der Waals surface area contributed by atoms with Crippen molar-refractivity contribution < 1.29 is 19.5 Å². The number of nitrogens with one attached hydrogen (secondary N) is 2. The lowest BCUT2D eigenvalue weighted by Crippen LogP contribution is -2.41. The second kappa shape index (κ2) is 5.11. The van der Waals surface area contributed by atoms with Gasteiger partial charge in [0.15, 0.2) is 0 Å². The lowest BCUT2D eigenvalue weighted by atomic mass is 10.5. The van der Waals surface area contributed by atoms with Gasteiger partial charge in [0.25, 0.3) is 0 Å². The van der Waals surface area contributed by atoms with Crippen LogP contribution in [0.4, 0.5) is 4.79 Å². The summed E-state index contributed by atoms with van der Waals surface area (Å²) in [6, 6.07) is -0.788. The van der Waals surface area contributed by atoms with Crippen molar-refractivity contribution in [2.24, 2.45) is 0 Å². The van der Waals surface area contributed by atoms with E-state index >= 15 is 0 Å². The van der Waals surface area contributed by atoms with Crippen LogP contribution in [0.1, 0.15) is 13.3 Å². The topological polar surface area (TPSA) is 95.5 Å². The molecule has 0 saturated heterocycles. The van der Waals surface area contributed by atoms with Gasteiger partial charge in [-0.25, -0.2) is 4.79 Å². The standard InChI is InChI=1S/C6H10N2O4/c1-2-4(9)8-6(12)7-3-5(10)11/h2-3H2,1H3,(H,10,11)(H2,7,8,9,12). The minimum atomic E-state index is -1.16. The van der Waals surface area contributed by atoms with E-state index in [9.17, 15) is 14.4 Å². The van der Waals surface area contributed by atoms with E-state index in [0.29, 0.717) is 0 Å². The molecule has 3 N–H and O–H groups in total. The van der Waals surface area contributed by atoms with Gasteiger partial charge in [0.05, 0.1) is 0 Å². The molecule has 0 aliphatic heterocycles. The van der Waals surface area contributed by atoms with E-state index in [1.165, 1.54) is 0 Å². The summed E-state index contributed by atoms with van der Waals surface area (Å²) in [5.74, 6) is -1.60. The first-order valence-corrected chi connectivity index (χ1v) is 3.35. The zero-order chi connectivity index (χ0) is 9.56. The van der Waals surface area contributed by atoms with Gasteiger partial charge in [-0.15, -0.1) is 0 Å².